The Morgan fingerprint density at radius 2 is 1.92 bits per heavy atom. The summed E-state index contributed by atoms with van der Waals surface area (Å²) in [5.74, 6) is -0.191. The molecule has 3 rings (SSSR count). The molecule has 0 saturated carbocycles. The lowest BCUT2D eigenvalue weighted by Gasteiger charge is -2.04. The molecule has 0 unspecified atom stereocenters. The van der Waals surface area contributed by atoms with Crippen molar-refractivity contribution >= 4 is 40.4 Å². The number of rotatable bonds is 6. The summed E-state index contributed by atoms with van der Waals surface area (Å²) in [6, 6.07) is 11.1. The van der Waals surface area contributed by atoms with Crippen LogP contribution >= 0.6 is 34.5 Å². The van der Waals surface area contributed by atoms with Crippen LogP contribution in [0.3, 0.4) is 0 Å². The Bertz CT molecular complexity index is 848. The Balaban J connectivity index is 1.58. The molecule has 0 aliphatic heterocycles. The zero-order chi connectivity index (χ0) is 17.6. The van der Waals surface area contributed by atoms with Crippen LogP contribution in [0.5, 0.6) is 0 Å². The molecule has 0 radical (unpaired) electrons. The lowest BCUT2D eigenvalue weighted by atomic mass is 10.1. The lowest BCUT2D eigenvalue weighted by molar-refractivity contribution is 0.0949. The third-order valence-corrected chi connectivity index (χ3v) is 5.12. The van der Waals surface area contributed by atoms with Gasteiger partial charge >= 0.3 is 0 Å². The monoisotopic (exact) mass is 391 g/mol. The van der Waals surface area contributed by atoms with E-state index in [1.165, 1.54) is 11.3 Å². The second kappa shape index (κ2) is 8.43. The van der Waals surface area contributed by atoms with Gasteiger partial charge in [-0.1, -0.05) is 35.3 Å². The summed E-state index contributed by atoms with van der Waals surface area (Å²) in [6.07, 6.45) is 2.92. The van der Waals surface area contributed by atoms with Gasteiger partial charge in [0.25, 0.3) is 5.91 Å². The summed E-state index contributed by atoms with van der Waals surface area (Å²) in [6.45, 7) is 0.513. The zero-order valence-electron chi connectivity index (χ0n) is 13.2. The Morgan fingerprint density at radius 1 is 1.12 bits per heavy atom. The molecule has 0 fully saturated rings. The molecule has 1 N–H and O–H groups in total. The van der Waals surface area contributed by atoms with Gasteiger partial charge in [-0.3, -0.25) is 9.78 Å². The van der Waals surface area contributed by atoms with Crippen molar-refractivity contribution in [3.63, 3.8) is 0 Å². The van der Waals surface area contributed by atoms with Gasteiger partial charge in [-0.05, 0) is 29.8 Å². The minimum absolute atomic E-state index is 0.191. The lowest BCUT2D eigenvalue weighted by Crippen LogP contribution is -2.26. The summed E-state index contributed by atoms with van der Waals surface area (Å²) in [7, 11) is 0. The molecule has 0 atom stereocenters. The first-order chi connectivity index (χ1) is 12.1. The summed E-state index contributed by atoms with van der Waals surface area (Å²) >= 11 is 13.8. The highest BCUT2D eigenvalue weighted by atomic mass is 35.5. The van der Waals surface area contributed by atoms with E-state index in [9.17, 15) is 4.79 Å². The number of thiazole rings is 1. The standard InChI is InChI=1S/C18H15Cl2N3OS/c19-14-5-3-6-15(20)13(14)10-17-23-16(11-25-17)18(24)22-9-7-12-4-1-2-8-21-12/h1-6,8,11H,7,9-10H2,(H,22,24). The first-order valence-electron chi connectivity index (χ1n) is 7.69. The number of benzene rings is 1. The highest BCUT2D eigenvalue weighted by Crippen LogP contribution is 2.27. The van der Waals surface area contributed by atoms with Gasteiger partial charge in [0, 0.05) is 46.7 Å². The molecule has 2 aromatic heterocycles. The Labute approximate surface area is 159 Å². The first kappa shape index (κ1) is 17.9. The first-order valence-corrected chi connectivity index (χ1v) is 9.32. The van der Waals surface area contributed by atoms with E-state index in [-0.39, 0.29) is 5.91 Å². The van der Waals surface area contributed by atoms with E-state index in [1.807, 2.05) is 18.2 Å². The normalized spacial score (nSPS) is 10.6. The largest absolute Gasteiger partial charge is 0.350 e. The van der Waals surface area contributed by atoms with Crippen LogP contribution in [0.4, 0.5) is 0 Å². The number of carbonyl (C=O) groups is 1. The number of hydrogen-bond donors (Lipinski definition) is 1. The third kappa shape index (κ3) is 4.78. The average Bonchev–Trinajstić information content (AvgIpc) is 3.08. The number of pyridine rings is 1. The van der Waals surface area contributed by atoms with Crippen molar-refractivity contribution in [3.8, 4) is 0 Å². The van der Waals surface area contributed by atoms with Crippen LogP contribution in [0.1, 0.15) is 26.8 Å². The van der Waals surface area contributed by atoms with Crippen molar-refractivity contribution in [2.75, 3.05) is 6.54 Å². The van der Waals surface area contributed by atoms with E-state index < -0.39 is 0 Å². The Morgan fingerprint density at radius 3 is 2.64 bits per heavy atom. The molecule has 0 saturated heterocycles. The molecular weight excluding hydrogens is 377 g/mol. The topological polar surface area (TPSA) is 54.9 Å². The molecule has 2 heterocycles. The molecule has 0 bridgehead atoms. The number of hydrogen-bond acceptors (Lipinski definition) is 4. The smallest absolute Gasteiger partial charge is 0.270 e. The van der Waals surface area contributed by atoms with Gasteiger partial charge in [-0.25, -0.2) is 4.98 Å². The van der Waals surface area contributed by atoms with Crippen LogP contribution in [0.2, 0.25) is 10.0 Å². The number of carbonyl (C=O) groups excluding carboxylic acids is 1. The van der Waals surface area contributed by atoms with Crippen molar-refractivity contribution in [2.24, 2.45) is 0 Å². The van der Waals surface area contributed by atoms with Gasteiger partial charge in [0.1, 0.15) is 5.69 Å². The van der Waals surface area contributed by atoms with E-state index in [4.69, 9.17) is 23.2 Å². The van der Waals surface area contributed by atoms with Crippen LogP contribution in [0, 0.1) is 0 Å². The molecule has 0 spiro atoms. The maximum atomic E-state index is 12.2. The predicted octanol–water partition coefficient (Wildman–Crippen LogP) is 4.41. The van der Waals surface area contributed by atoms with E-state index in [2.05, 4.69) is 15.3 Å². The predicted molar refractivity (Wildman–Crippen MR) is 102 cm³/mol. The number of nitrogens with one attached hydrogen (secondary N) is 1. The Kier molecular flexibility index (Phi) is 6.02. The summed E-state index contributed by atoms with van der Waals surface area (Å²) < 4.78 is 0. The molecule has 3 aromatic rings. The Hall–Kier alpha value is -1.95. The van der Waals surface area contributed by atoms with Crippen LogP contribution in [-0.4, -0.2) is 22.4 Å². The van der Waals surface area contributed by atoms with E-state index in [0.717, 1.165) is 16.3 Å². The molecule has 25 heavy (non-hydrogen) atoms. The van der Waals surface area contributed by atoms with Gasteiger partial charge in [0.05, 0.1) is 5.01 Å². The molecule has 0 aliphatic carbocycles. The molecule has 1 aromatic carbocycles. The highest BCUT2D eigenvalue weighted by Gasteiger charge is 2.13. The third-order valence-electron chi connectivity index (χ3n) is 3.57. The summed E-state index contributed by atoms with van der Waals surface area (Å²) in [4.78, 5) is 20.8. The molecule has 128 valence electrons. The van der Waals surface area contributed by atoms with Crippen molar-refractivity contribution in [1.82, 2.24) is 15.3 Å². The number of nitrogens with zero attached hydrogens (tertiary/aromatic N) is 2. The fourth-order valence-corrected chi connectivity index (χ4v) is 3.61. The molecule has 7 heteroatoms. The van der Waals surface area contributed by atoms with Crippen molar-refractivity contribution in [1.29, 1.82) is 0 Å². The fourth-order valence-electron chi connectivity index (χ4n) is 2.29. The van der Waals surface area contributed by atoms with Crippen molar-refractivity contribution in [3.05, 3.63) is 80.0 Å². The van der Waals surface area contributed by atoms with Gasteiger partial charge in [-0.2, -0.15) is 0 Å². The zero-order valence-corrected chi connectivity index (χ0v) is 15.5. The second-order valence-corrected chi connectivity index (χ2v) is 7.09. The minimum Gasteiger partial charge on any atom is -0.350 e. The van der Waals surface area contributed by atoms with E-state index in [0.29, 0.717) is 35.1 Å². The SMILES string of the molecule is O=C(NCCc1ccccn1)c1csc(Cc2c(Cl)cccc2Cl)n1. The van der Waals surface area contributed by atoms with Crippen LogP contribution in [0.15, 0.2) is 48.0 Å². The number of amides is 1. The fraction of sp³-hybridized carbons (Fsp3) is 0.167. The van der Waals surface area contributed by atoms with Gasteiger partial charge in [0.15, 0.2) is 0 Å². The minimum atomic E-state index is -0.191. The molecular formula is C18H15Cl2N3OS. The number of halogens is 2. The molecule has 4 nitrogen and oxygen atoms in total. The van der Waals surface area contributed by atoms with Gasteiger partial charge in [-0.15, -0.1) is 11.3 Å². The molecule has 0 aliphatic rings. The van der Waals surface area contributed by atoms with Crippen LogP contribution < -0.4 is 5.32 Å². The summed E-state index contributed by atoms with van der Waals surface area (Å²) in [5, 5.41) is 6.60. The van der Waals surface area contributed by atoms with E-state index in [1.54, 1.807) is 29.8 Å². The van der Waals surface area contributed by atoms with Gasteiger partial charge in [0.2, 0.25) is 0 Å². The summed E-state index contributed by atoms with van der Waals surface area (Å²) in [5.41, 5.74) is 2.17. The van der Waals surface area contributed by atoms with Crippen molar-refractivity contribution < 1.29 is 4.79 Å². The van der Waals surface area contributed by atoms with E-state index >= 15 is 0 Å². The molecule has 1 amide bonds. The maximum Gasteiger partial charge on any atom is 0.270 e. The second-order valence-electron chi connectivity index (χ2n) is 5.33. The average molecular weight is 392 g/mol. The van der Waals surface area contributed by atoms with Gasteiger partial charge < -0.3 is 5.32 Å². The number of aromatic nitrogens is 2. The maximum absolute atomic E-state index is 12.2. The van der Waals surface area contributed by atoms with Crippen molar-refractivity contribution in [2.45, 2.75) is 12.8 Å². The highest BCUT2D eigenvalue weighted by molar-refractivity contribution is 7.09. The van der Waals surface area contributed by atoms with Crippen LogP contribution in [-0.2, 0) is 12.8 Å². The quantitative estimate of drug-likeness (QED) is 0.676. The van der Waals surface area contributed by atoms with Crippen LogP contribution in [0.25, 0.3) is 0 Å².